The summed E-state index contributed by atoms with van der Waals surface area (Å²) in [7, 11) is 0. The second-order valence-corrected chi connectivity index (χ2v) is 6.17. The molecule has 0 aliphatic rings. The third kappa shape index (κ3) is 4.06. The number of phenolic OH excluding ortho intramolecular Hbond substituents is 1. The lowest BCUT2D eigenvalue weighted by Gasteiger charge is -2.06. The van der Waals surface area contributed by atoms with Gasteiger partial charge in [-0.15, -0.1) is 11.3 Å². The van der Waals surface area contributed by atoms with E-state index in [0.717, 1.165) is 22.6 Å². The van der Waals surface area contributed by atoms with Gasteiger partial charge < -0.3 is 10.4 Å². The summed E-state index contributed by atoms with van der Waals surface area (Å²) >= 11 is 1.54. The van der Waals surface area contributed by atoms with Crippen molar-refractivity contribution in [1.82, 2.24) is 0 Å². The van der Waals surface area contributed by atoms with Gasteiger partial charge in [0.2, 0.25) is 0 Å². The van der Waals surface area contributed by atoms with Crippen LogP contribution in [-0.2, 0) is 0 Å². The number of phenols is 1. The molecule has 0 radical (unpaired) electrons. The number of anilines is 1. The first-order chi connectivity index (χ1) is 12.5. The van der Waals surface area contributed by atoms with E-state index in [4.69, 9.17) is 0 Å². The number of benzene rings is 2. The molecule has 0 saturated carbocycles. The van der Waals surface area contributed by atoms with Crippen LogP contribution in [0.15, 0.2) is 60.0 Å². The lowest BCUT2D eigenvalue weighted by Crippen LogP contribution is -2.12. The minimum atomic E-state index is -0.716. The van der Waals surface area contributed by atoms with Crippen LogP contribution in [0.3, 0.4) is 0 Å². The Labute approximate surface area is 152 Å². The van der Waals surface area contributed by atoms with Gasteiger partial charge in [-0.25, -0.2) is 0 Å². The zero-order chi connectivity index (χ0) is 18.5. The molecule has 1 heterocycles. The molecule has 0 spiro atoms. The lowest BCUT2D eigenvalue weighted by molar-refractivity contribution is -0.385. The number of amides is 1. The summed E-state index contributed by atoms with van der Waals surface area (Å²) in [6.07, 6.45) is 0. The molecule has 2 aromatic carbocycles. The van der Waals surface area contributed by atoms with E-state index in [1.54, 1.807) is 29.5 Å². The number of thiophene rings is 1. The molecule has 0 saturated heterocycles. The minimum Gasteiger partial charge on any atom is -0.502 e. The van der Waals surface area contributed by atoms with E-state index >= 15 is 0 Å². The van der Waals surface area contributed by atoms with Crippen LogP contribution in [0.1, 0.15) is 20.8 Å². The highest BCUT2D eigenvalue weighted by Gasteiger charge is 2.16. The first kappa shape index (κ1) is 17.2. The zero-order valence-corrected chi connectivity index (χ0v) is 14.1. The van der Waals surface area contributed by atoms with Crippen molar-refractivity contribution in [1.29, 1.82) is 0 Å². The van der Waals surface area contributed by atoms with E-state index in [1.807, 2.05) is 23.6 Å². The topological polar surface area (TPSA) is 92.5 Å². The monoisotopic (exact) mass is 364 g/mol. The van der Waals surface area contributed by atoms with Gasteiger partial charge in [0.1, 0.15) is 0 Å². The molecule has 26 heavy (non-hydrogen) atoms. The number of hydrogen-bond acceptors (Lipinski definition) is 5. The van der Waals surface area contributed by atoms with Crippen molar-refractivity contribution in [3.63, 3.8) is 0 Å². The molecule has 1 amide bonds. The maximum absolute atomic E-state index is 12.3. The normalized spacial score (nSPS) is 9.85. The molecule has 0 unspecified atom stereocenters. The summed E-state index contributed by atoms with van der Waals surface area (Å²) in [6.45, 7) is 0. The van der Waals surface area contributed by atoms with Gasteiger partial charge in [0.25, 0.3) is 5.91 Å². The summed E-state index contributed by atoms with van der Waals surface area (Å²) in [5.41, 5.74) is 0.934. The van der Waals surface area contributed by atoms with E-state index in [2.05, 4.69) is 17.2 Å². The van der Waals surface area contributed by atoms with Crippen LogP contribution in [0.4, 0.5) is 11.4 Å². The largest absolute Gasteiger partial charge is 0.502 e. The average Bonchev–Trinajstić information content (AvgIpc) is 3.13. The Bertz CT molecular complexity index is 1030. The first-order valence-corrected chi connectivity index (χ1v) is 8.35. The van der Waals surface area contributed by atoms with Crippen molar-refractivity contribution < 1.29 is 14.8 Å². The average molecular weight is 364 g/mol. The molecule has 0 fully saturated rings. The standard InChI is InChI=1S/C19H12N2O4S/c22-18-12-14(7-9-17(18)21(24)25)19(23)20-15-4-1-3-13(11-15)6-8-16-5-2-10-26-16/h1-5,7,9-12,22H,(H,20,23). The Balaban J connectivity index is 1.76. The number of nitro groups is 1. The minimum absolute atomic E-state index is 0.114. The first-order valence-electron chi connectivity index (χ1n) is 7.47. The molecule has 0 aliphatic heterocycles. The third-order valence-electron chi connectivity index (χ3n) is 3.41. The third-order valence-corrected chi connectivity index (χ3v) is 4.19. The van der Waals surface area contributed by atoms with E-state index in [9.17, 15) is 20.0 Å². The summed E-state index contributed by atoms with van der Waals surface area (Å²) < 4.78 is 0. The van der Waals surface area contributed by atoms with Crippen molar-refractivity contribution in [3.05, 3.63) is 86.1 Å². The van der Waals surface area contributed by atoms with Gasteiger partial charge in [0.15, 0.2) is 5.75 Å². The van der Waals surface area contributed by atoms with Crippen LogP contribution in [0.5, 0.6) is 5.75 Å². The molecule has 3 rings (SSSR count). The SMILES string of the molecule is O=C(Nc1cccc(C#Cc2cccs2)c1)c1ccc([N+](=O)[O-])c(O)c1. The van der Waals surface area contributed by atoms with Crippen molar-refractivity contribution in [2.75, 3.05) is 5.32 Å². The van der Waals surface area contributed by atoms with Crippen LogP contribution in [0.2, 0.25) is 0 Å². The summed E-state index contributed by atoms with van der Waals surface area (Å²) in [5.74, 6) is 5.02. The maximum atomic E-state index is 12.3. The highest BCUT2D eigenvalue weighted by atomic mass is 32.1. The molecule has 2 N–H and O–H groups in total. The molecule has 7 heteroatoms. The second-order valence-electron chi connectivity index (χ2n) is 5.22. The van der Waals surface area contributed by atoms with Crippen LogP contribution >= 0.6 is 11.3 Å². The molecule has 3 aromatic rings. The van der Waals surface area contributed by atoms with Gasteiger partial charge in [-0.05, 0) is 41.8 Å². The van der Waals surface area contributed by atoms with Gasteiger partial charge in [-0.2, -0.15) is 0 Å². The quantitative estimate of drug-likeness (QED) is 0.417. The fourth-order valence-corrected chi connectivity index (χ4v) is 2.75. The number of carbonyl (C=O) groups excluding carboxylic acids is 1. The molecule has 0 aliphatic carbocycles. The lowest BCUT2D eigenvalue weighted by atomic mass is 10.1. The van der Waals surface area contributed by atoms with Gasteiger partial charge in [0, 0.05) is 22.9 Å². The number of rotatable bonds is 3. The highest BCUT2D eigenvalue weighted by Crippen LogP contribution is 2.26. The van der Waals surface area contributed by atoms with Crippen LogP contribution < -0.4 is 5.32 Å². The molecular formula is C19H12N2O4S. The van der Waals surface area contributed by atoms with Crippen molar-refractivity contribution in [2.24, 2.45) is 0 Å². The summed E-state index contributed by atoms with van der Waals surface area (Å²) in [5, 5.41) is 25.0. The Hall–Kier alpha value is -3.63. The molecular weight excluding hydrogens is 352 g/mol. The number of nitrogens with one attached hydrogen (secondary N) is 1. The van der Waals surface area contributed by atoms with Crippen molar-refractivity contribution >= 4 is 28.6 Å². The van der Waals surface area contributed by atoms with Crippen LogP contribution in [0, 0.1) is 22.0 Å². The fourth-order valence-electron chi connectivity index (χ4n) is 2.18. The predicted octanol–water partition coefficient (Wildman–Crippen LogP) is 4.01. The van der Waals surface area contributed by atoms with Gasteiger partial charge in [-0.3, -0.25) is 14.9 Å². The Morgan fingerprint density at radius 3 is 2.65 bits per heavy atom. The Kier molecular flexibility index (Phi) is 4.97. The fraction of sp³-hybridized carbons (Fsp3) is 0. The van der Waals surface area contributed by atoms with E-state index in [-0.39, 0.29) is 5.56 Å². The Morgan fingerprint density at radius 1 is 1.12 bits per heavy atom. The number of hydrogen-bond donors (Lipinski definition) is 2. The smallest absolute Gasteiger partial charge is 0.310 e. The van der Waals surface area contributed by atoms with Gasteiger partial charge >= 0.3 is 5.69 Å². The van der Waals surface area contributed by atoms with Crippen molar-refractivity contribution in [3.8, 4) is 17.6 Å². The number of carbonyl (C=O) groups is 1. The maximum Gasteiger partial charge on any atom is 0.310 e. The Morgan fingerprint density at radius 2 is 1.96 bits per heavy atom. The van der Waals surface area contributed by atoms with Gasteiger partial charge in [-0.1, -0.05) is 24.0 Å². The van der Waals surface area contributed by atoms with Crippen molar-refractivity contribution in [2.45, 2.75) is 0 Å². The molecule has 6 nitrogen and oxygen atoms in total. The highest BCUT2D eigenvalue weighted by molar-refractivity contribution is 7.10. The molecule has 0 atom stereocenters. The number of nitrogens with zero attached hydrogens (tertiary/aromatic N) is 1. The van der Waals surface area contributed by atoms with Crippen LogP contribution in [-0.4, -0.2) is 15.9 Å². The second kappa shape index (κ2) is 7.51. The predicted molar refractivity (Wildman–Crippen MR) is 99.5 cm³/mol. The van der Waals surface area contributed by atoms with E-state index in [0.29, 0.717) is 5.69 Å². The summed E-state index contributed by atoms with van der Waals surface area (Å²) in [6, 6.07) is 14.3. The zero-order valence-electron chi connectivity index (χ0n) is 13.3. The van der Waals surface area contributed by atoms with Gasteiger partial charge in [0.05, 0.1) is 9.80 Å². The van der Waals surface area contributed by atoms with E-state index < -0.39 is 22.3 Å². The number of nitro benzene ring substituents is 1. The van der Waals surface area contributed by atoms with E-state index in [1.165, 1.54) is 6.07 Å². The van der Waals surface area contributed by atoms with Crippen LogP contribution in [0.25, 0.3) is 0 Å². The molecule has 128 valence electrons. The summed E-state index contributed by atoms with van der Waals surface area (Å²) in [4.78, 5) is 23.2. The molecule has 1 aromatic heterocycles. The number of aromatic hydroxyl groups is 1. The molecule has 0 bridgehead atoms.